The van der Waals surface area contributed by atoms with Crippen LogP contribution in [0.4, 0.5) is 5.69 Å². The number of nitrogens with zero attached hydrogens (tertiary/aromatic N) is 3. The maximum absolute atomic E-state index is 12.9. The summed E-state index contributed by atoms with van der Waals surface area (Å²) in [6.07, 6.45) is 0. The van der Waals surface area contributed by atoms with E-state index in [0.717, 1.165) is 0 Å². The van der Waals surface area contributed by atoms with E-state index in [1.54, 1.807) is 6.92 Å². The molecule has 3 rings (SSSR count). The lowest BCUT2D eigenvalue weighted by Crippen LogP contribution is -2.59. The summed E-state index contributed by atoms with van der Waals surface area (Å²) in [5.74, 6) is -2.58. The molecule has 0 saturated carbocycles. The van der Waals surface area contributed by atoms with Crippen molar-refractivity contribution in [1.29, 1.82) is 10.5 Å². The molecule has 10 heteroatoms. The number of aliphatic hydroxyl groups is 2. The summed E-state index contributed by atoms with van der Waals surface area (Å²) in [6, 6.07) is 9.85. The third-order valence-corrected chi connectivity index (χ3v) is 6.24. The van der Waals surface area contributed by atoms with Crippen LogP contribution in [0.15, 0.2) is 57.1 Å². The van der Waals surface area contributed by atoms with Gasteiger partial charge in [-0.15, -0.1) is 0 Å². The van der Waals surface area contributed by atoms with Crippen LogP contribution >= 0.6 is 34.8 Å². The largest absolute Gasteiger partial charge is 0.508 e. The standard InChI is InChI=1S/C20H14Cl3N3O4/c1-3-30-18(29)13-10(2)26(12-6-4-11(21)5-7-12)20(9-25)17(28)15(23)14(22)16(27)19(13,20)8-24/h4-7,27-28H,3H2,1-2H3/t19-,20+/m0/s1. The van der Waals surface area contributed by atoms with Crippen molar-refractivity contribution in [3.8, 4) is 12.1 Å². The van der Waals surface area contributed by atoms with Gasteiger partial charge in [-0.2, -0.15) is 10.5 Å². The van der Waals surface area contributed by atoms with Gasteiger partial charge in [-0.05, 0) is 38.1 Å². The molecule has 30 heavy (non-hydrogen) atoms. The number of nitriles is 2. The van der Waals surface area contributed by atoms with Crippen molar-refractivity contribution in [3.63, 3.8) is 0 Å². The Bertz CT molecular complexity index is 1130. The molecular weight excluding hydrogens is 453 g/mol. The Morgan fingerprint density at radius 2 is 1.67 bits per heavy atom. The molecule has 1 aliphatic heterocycles. The maximum Gasteiger partial charge on any atom is 0.338 e. The first kappa shape index (κ1) is 21.9. The lowest BCUT2D eigenvalue weighted by molar-refractivity contribution is -0.139. The van der Waals surface area contributed by atoms with Gasteiger partial charge in [0.2, 0.25) is 5.54 Å². The highest BCUT2D eigenvalue weighted by Gasteiger charge is 2.74. The molecule has 0 unspecified atom stereocenters. The molecule has 2 N–H and O–H groups in total. The second-order valence-corrected chi connectivity index (χ2v) is 7.69. The molecule has 7 nitrogen and oxygen atoms in total. The van der Waals surface area contributed by atoms with E-state index in [1.165, 1.54) is 36.1 Å². The second kappa shape index (κ2) is 7.45. The molecule has 0 aromatic heterocycles. The van der Waals surface area contributed by atoms with Gasteiger partial charge in [0.25, 0.3) is 0 Å². The molecule has 0 bridgehead atoms. The number of ether oxygens (including phenoxy) is 1. The number of rotatable bonds is 3. The van der Waals surface area contributed by atoms with Crippen molar-refractivity contribution >= 4 is 46.5 Å². The molecule has 1 aliphatic carbocycles. The summed E-state index contributed by atoms with van der Waals surface area (Å²) < 4.78 is 5.10. The van der Waals surface area contributed by atoms with E-state index in [-0.39, 0.29) is 17.9 Å². The van der Waals surface area contributed by atoms with Gasteiger partial charge < -0.3 is 19.8 Å². The minimum atomic E-state index is -2.41. The molecule has 1 heterocycles. The van der Waals surface area contributed by atoms with Crippen LogP contribution in [0, 0.1) is 28.1 Å². The van der Waals surface area contributed by atoms with Crippen LogP contribution in [0.2, 0.25) is 5.02 Å². The van der Waals surface area contributed by atoms with Crippen LogP contribution in [0.3, 0.4) is 0 Å². The van der Waals surface area contributed by atoms with E-state index < -0.39 is 38.5 Å². The minimum absolute atomic E-state index is 0.0294. The van der Waals surface area contributed by atoms with Crippen LogP contribution in [0.1, 0.15) is 13.8 Å². The van der Waals surface area contributed by atoms with E-state index in [0.29, 0.717) is 10.7 Å². The minimum Gasteiger partial charge on any atom is -0.508 e. The van der Waals surface area contributed by atoms with Crippen molar-refractivity contribution in [1.82, 2.24) is 0 Å². The number of hydrogen-bond acceptors (Lipinski definition) is 7. The Hall–Kier alpha value is -2.84. The number of aliphatic hydroxyl groups excluding tert-OH is 2. The van der Waals surface area contributed by atoms with E-state index in [9.17, 15) is 25.5 Å². The number of carbonyl (C=O) groups is 1. The molecule has 1 aromatic rings. The summed E-state index contributed by atoms with van der Waals surface area (Å²) in [7, 11) is 0. The van der Waals surface area contributed by atoms with Crippen molar-refractivity contribution in [3.05, 3.63) is 62.1 Å². The SMILES string of the molecule is CCOC(=O)C1=C(C)N(c2ccc(Cl)cc2)[C@]2(C#N)C(O)=C(Cl)C(Cl)=C(O)[C@]12C#N. The number of carbonyl (C=O) groups excluding carboxylic acids is 1. The fraction of sp³-hybridized carbons (Fsp3) is 0.250. The molecule has 2 aliphatic rings. The summed E-state index contributed by atoms with van der Waals surface area (Å²) >= 11 is 18.2. The predicted molar refractivity (Wildman–Crippen MR) is 111 cm³/mol. The van der Waals surface area contributed by atoms with Gasteiger partial charge in [-0.25, -0.2) is 4.79 Å². The number of hydrogen-bond donors (Lipinski definition) is 2. The highest BCUT2D eigenvalue weighted by molar-refractivity contribution is 6.44. The van der Waals surface area contributed by atoms with Gasteiger partial charge >= 0.3 is 5.97 Å². The Morgan fingerprint density at radius 1 is 1.10 bits per heavy atom. The zero-order valence-electron chi connectivity index (χ0n) is 15.7. The number of benzene rings is 1. The number of allylic oxidation sites excluding steroid dienone is 3. The fourth-order valence-corrected chi connectivity index (χ4v) is 4.53. The summed E-state index contributed by atoms with van der Waals surface area (Å²) in [5.41, 5.74) is -4.68. The van der Waals surface area contributed by atoms with Gasteiger partial charge in [-0.1, -0.05) is 34.8 Å². The first-order valence-electron chi connectivity index (χ1n) is 8.61. The smallest absolute Gasteiger partial charge is 0.338 e. The van der Waals surface area contributed by atoms with Gasteiger partial charge in [0.1, 0.15) is 21.9 Å². The number of halogens is 3. The van der Waals surface area contributed by atoms with Crippen LogP contribution in [0.25, 0.3) is 0 Å². The zero-order chi connectivity index (χ0) is 22.4. The van der Waals surface area contributed by atoms with Gasteiger partial charge in [0, 0.05) is 16.4 Å². The van der Waals surface area contributed by atoms with E-state index in [4.69, 9.17) is 39.5 Å². The van der Waals surface area contributed by atoms with Crippen molar-refractivity contribution in [2.75, 3.05) is 11.5 Å². The molecule has 2 atom stereocenters. The molecule has 0 fully saturated rings. The molecular formula is C20H14Cl3N3O4. The zero-order valence-corrected chi connectivity index (χ0v) is 18.0. The Balaban J connectivity index is 2.52. The normalized spacial score (nSPS) is 25.8. The molecule has 0 radical (unpaired) electrons. The Labute approximate surface area is 187 Å². The monoisotopic (exact) mass is 465 g/mol. The lowest BCUT2D eigenvalue weighted by atomic mass is 9.63. The molecule has 1 aromatic carbocycles. The number of esters is 1. The topological polar surface area (TPSA) is 118 Å². The molecule has 0 spiro atoms. The first-order chi connectivity index (χ1) is 14.1. The lowest BCUT2D eigenvalue weighted by Gasteiger charge is -2.44. The van der Waals surface area contributed by atoms with E-state index in [1.807, 2.05) is 12.1 Å². The summed E-state index contributed by atoms with van der Waals surface area (Å²) in [5, 5.41) is 41.8. The van der Waals surface area contributed by atoms with Gasteiger partial charge in [-0.3, -0.25) is 0 Å². The summed E-state index contributed by atoms with van der Waals surface area (Å²) in [6.45, 7) is 2.99. The van der Waals surface area contributed by atoms with Crippen LogP contribution in [-0.4, -0.2) is 28.3 Å². The van der Waals surface area contributed by atoms with Gasteiger partial charge in [0.05, 0.1) is 18.2 Å². The Kier molecular flexibility index (Phi) is 5.43. The van der Waals surface area contributed by atoms with Crippen LogP contribution < -0.4 is 4.90 Å². The third kappa shape index (κ3) is 2.47. The third-order valence-electron chi connectivity index (χ3n) is 5.15. The fourth-order valence-electron chi connectivity index (χ4n) is 3.95. The maximum atomic E-state index is 12.9. The molecule has 154 valence electrons. The van der Waals surface area contributed by atoms with Gasteiger partial charge in [0.15, 0.2) is 11.2 Å². The van der Waals surface area contributed by atoms with E-state index >= 15 is 0 Å². The predicted octanol–water partition coefficient (Wildman–Crippen LogP) is 4.80. The Morgan fingerprint density at radius 3 is 2.17 bits per heavy atom. The van der Waals surface area contributed by atoms with Crippen molar-refractivity contribution in [2.24, 2.45) is 5.41 Å². The second-order valence-electron chi connectivity index (χ2n) is 6.50. The number of fused-ring (bicyclic) bond motifs is 1. The highest BCUT2D eigenvalue weighted by atomic mass is 35.5. The summed E-state index contributed by atoms with van der Waals surface area (Å²) in [4.78, 5) is 14.2. The average Bonchev–Trinajstić information content (AvgIpc) is 2.97. The molecule has 0 amide bonds. The van der Waals surface area contributed by atoms with Crippen LogP contribution in [0.5, 0.6) is 0 Å². The van der Waals surface area contributed by atoms with Crippen LogP contribution in [-0.2, 0) is 9.53 Å². The van der Waals surface area contributed by atoms with Crippen molar-refractivity contribution in [2.45, 2.75) is 19.4 Å². The number of anilines is 1. The highest BCUT2D eigenvalue weighted by Crippen LogP contribution is 2.63. The van der Waals surface area contributed by atoms with Crippen molar-refractivity contribution < 1.29 is 19.7 Å². The average molecular weight is 467 g/mol. The van der Waals surface area contributed by atoms with E-state index in [2.05, 4.69) is 0 Å². The molecule has 0 saturated heterocycles. The first-order valence-corrected chi connectivity index (χ1v) is 9.74. The quantitative estimate of drug-likeness (QED) is 0.614.